The zero-order valence-electron chi connectivity index (χ0n) is 24.2. The highest BCUT2D eigenvalue weighted by molar-refractivity contribution is 5.72. The van der Waals surface area contributed by atoms with Crippen LogP contribution in [-0.2, 0) is 19.0 Å². The van der Waals surface area contributed by atoms with Crippen LogP contribution in [0.4, 0.5) is 0 Å². The first-order valence-electron chi connectivity index (χ1n) is 15.9. The molecule has 1 heterocycles. The Morgan fingerprint density at radius 2 is 1.33 bits per heavy atom. The average Bonchev–Trinajstić information content (AvgIpc) is 2.90. The van der Waals surface area contributed by atoms with E-state index < -0.39 is 0 Å². The summed E-state index contributed by atoms with van der Waals surface area (Å²) in [6.07, 6.45) is 24.9. The number of carbonyl (C=O) groups is 1. The number of rotatable bonds is 26. The van der Waals surface area contributed by atoms with Crippen molar-refractivity contribution in [2.24, 2.45) is 5.92 Å². The van der Waals surface area contributed by atoms with Crippen LogP contribution in [0.5, 0.6) is 0 Å². The van der Waals surface area contributed by atoms with Crippen molar-refractivity contribution in [3.63, 3.8) is 0 Å². The molecule has 0 bridgehead atoms. The lowest BCUT2D eigenvalue weighted by Crippen LogP contribution is -2.23. The van der Waals surface area contributed by atoms with Crippen molar-refractivity contribution >= 4 is 5.97 Å². The Labute approximate surface area is 224 Å². The number of nitrogens with one attached hydrogen (secondary N) is 1. The molecule has 0 saturated carbocycles. The molecule has 36 heavy (non-hydrogen) atoms. The van der Waals surface area contributed by atoms with Gasteiger partial charge in [0.05, 0.1) is 12.5 Å². The zero-order chi connectivity index (χ0) is 25.9. The van der Waals surface area contributed by atoms with E-state index in [-0.39, 0.29) is 18.2 Å². The SMILES string of the molecule is CCCCCCCCC(CCCCCC)C(=O)OCCCCCCNCCCCOC1CCCCO1. The fourth-order valence-electron chi connectivity index (χ4n) is 4.90. The smallest absolute Gasteiger partial charge is 0.308 e. The van der Waals surface area contributed by atoms with Crippen LogP contribution in [0.25, 0.3) is 0 Å². The van der Waals surface area contributed by atoms with E-state index in [1.807, 2.05) is 0 Å². The van der Waals surface area contributed by atoms with Gasteiger partial charge < -0.3 is 19.5 Å². The minimum absolute atomic E-state index is 0.0444. The van der Waals surface area contributed by atoms with E-state index in [9.17, 15) is 4.79 Å². The summed E-state index contributed by atoms with van der Waals surface area (Å²) >= 11 is 0. The molecule has 0 aromatic carbocycles. The summed E-state index contributed by atoms with van der Waals surface area (Å²) in [5.41, 5.74) is 0. The number of hydrogen-bond acceptors (Lipinski definition) is 5. The molecule has 5 heteroatoms. The van der Waals surface area contributed by atoms with E-state index in [2.05, 4.69) is 19.2 Å². The van der Waals surface area contributed by atoms with E-state index >= 15 is 0 Å². The van der Waals surface area contributed by atoms with Gasteiger partial charge in [-0.05, 0) is 70.9 Å². The minimum Gasteiger partial charge on any atom is -0.465 e. The summed E-state index contributed by atoms with van der Waals surface area (Å²) < 4.78 is 17.1. The summed E-state index contributed by atoms with van der Waals surface area (Å²) in [4.78, 5) is 12.7. The monoisotopic (exact) mass is 511 g/mol. The highest BCUT2D eigenvalue weighted by atomic mass is 16.7. The van der Waals surface area contributed by atoms with Crippen molar-refractivity contribution in [2.45, 2.75) is 155 Å². The molecule has 1 N–H and O–H groups in total. The largest absolute Gasteiger partial charge is 0.465 e. The van der Waals surface area contributed by atoms with Crippen LogP contribution < -0.4 is 5.32 Å². The number of carbonyl (C=O) groups excluding carboxylic acids is 1. The van der Waals surface area contributed by atoms with Crippen LogP contribution >= 0.6 is 0 Å². The fraction of sp³-hybridized carbons (Fsp3) is 0.968. The van der Waals surface area contributed by atoms with Crippen molar-refractivity contribution in [3.05, 3.63) is 0 Å². The Balaban J connectivity index is 1.96. The highest BCUT2D eigenvalue weighted by Crippen LogP contribution is 2.21. The third kappa shape index (κ3) is 20.4. The Morgan fingerprint density at radius 1 is 0.750 bits per heavy atom. The lowest BCUT2D eigenvalue weighted by molar-refractivity contribution is -0.162. The lowest BCUT2D eigenvalue weighted by atomic mass is 9.94. The van der Waals surface area contributed by atoms with Gasteiger partial charge in [0.1, 0.15) is 0 Å². The first-order valence-corrected chi connectivity index (χ1v) is 15.9. The third-order valence-electron chi connectivity index (χ3n) is 7.33. The summed E-state index contributed by atoms with van der Waals surface area (Å²) in [6.45, 7) is 8.89. The van der Waals surface area contributed by atoms with Crippen LogP contribution in [0.3, 0.4) is 0 Å². The lowest BCUT2D eigenvalue weighted by Gasteiger charge is -2.22. The van der Waals surface area contributed by atoms with E-state index in [0.717, 1.165) is 71.2 Å². The quantitative estimate of drug-likeness (QED) is 0.0934. The zero-order valence-corrected chi connectivity index (χ0v) is 24.2. The van der Waals surface area contributed by atoms with Crippen molar-refractivity contribution in [1.82, 2.24) is 5.32 Å². The van der Waals surface area contributed by atoms with Gasteiger partial charge >= 0.3 is 5.97 Å². The number of esters is 1. The Bertz CT molecular complexity index is 467. The Hall–Kier alpha value is -0.650. The van der Waals surface area contributed by atoms with Crippen molar-refractivity contribution in [3.8, 4) is 0 Å². The maximum absolute atomic E-state index is 12.7. The molecule has 5 nitrogen and oxygen atoms in total. The van der Waals surface area contributed by atoms with Crippen LogP contribution in [0.1, 0.15) is 149 Å². The topological polar surface area (TPSA) is 56.8 Å². The molecule has 2 atom stereocenters. The van der Waals surface area contributed by atoms with Gasteiger partial charge in [-0.25, -0.2) is 0 Å². The minimum atomic E-state index is 0.0444. The molecule has 0 aromatic heterocycles. The van der Waals surface area contributed by atoms with Gasteiger partial charge in [0, 0.05) is 13.2 Å². The third-order valence-corrected chi connectivity index (χ3v) is 7.33. The molecule has 0 radical (unpaired) electrons. The number of ether oxygens (including phenoxy) is 3. The average molecular weight is 512 g/mol. The van der Waals surface area contributed by atoms with Crippen LogP contribution in [0.15, 0.2) is 0 Å². The van der Waals surface area contributed by atoms with Gasteiger partial charge in [-0.1, -0.05) is 90.9 Å². The van der Waals surface area contributed by atoms with Crippen LogP contribution in [0, 0.1) is 5.92 Å². The van der Waals surface area contributed by atoms with Crippen LogP contribution in [0.2, 0.25) is 0 Å². The molecule has 0 aromatic rings. The van der Waals surface area contributed by atoms with E-state index in [0.29, 0.717) is 6.61 Å². The van der Waals surface area contributed by atoms with Gasteiger partial charge in [0.25, 0.3) is 0 Å². The van der Waals surface area contributed by atoms with Crippen molar-refractivity contribution in [2.75, 3.05) is 32.9 Å². The van der Waals surface area contributed by atoms with Crippen LogP contribution in [-0.4, -0.2) is 45.2 Å². The van der Waals surface area contributed by atoms with Crippen molar-refractivity contribution < 1.29 is 19.0 Å². The molecule has 1 rings (SSSR count). The predicted octanol–water partition coefficient (Wildman–Crippen LogP) is 8.34. The van der Waals surface area contributed by atoms with Gasteiger partial charge in [0.2, 0.25) is 0 Å². The Kier molecular flexibility index (Phi) is 24.1. The van der Waals surface area contributed by atoms with Crippen molar-refractivity contribution in [1.29, 1.82) is 0 Å². The number of hydrogen-bond donors (Lipinski definition) is 1. The van der Waals surface area contributed by atoms with Gasteiger partial charge in [0.15, 0.2) is 6.29 Å². The molecule has 0 amide bonds. The maximum Gasteiger partial charge on any atom is 0.308 e. The second kappa shape index (κ2) is 26.0. The molecule has 1 aliphatic rings. The second-order valence-electron chi connectivity index (χ2n) is 10.8. The summed E-state index contributed by atoms with van der Waals surface area (Å²) in [6, 6.07) is 0. The number of unbranched alkanes of at least 4 members (excludes halogenated alkanes) is 12. The van der Waals surface area contributed by atoms with Gasteiger partial charge in [-0.15, -0.1) is 0 Å². The molecule has 0 aliphatic carbocycles. The van der Waals surface area contributed by atoms with E-state index in [4.69, 9.17) is 14.2 Å². The summed E-state index contributed by atoms with van der Waals surface area (Å²) in [5, 5.41) is 3.54. The molecular weight excluding hydrogens is 450 g/mol. The maximum atomic E-state index is 12.7. The second-order valence-corrected chi connectivity index (χ2v) is 10.8. The predicted molar refractivity (Wildman–Crippen MR) is 151 cm³/mol. The Morgan fingerprint density at radius 3 is 2.03 bits per heavy atom. The summed E-state index contributed by atoms with van der Waals surface area (Å²) in [5.74, 6) is 0.193. The molecule has 2 unspecified atom stereocenters. The normalized spacial score (nSPS) is 16.8. The first-order chi connectivity index (χ1) is 17.8. The molecule has 0 spiro atoms. The van der Waals surface area contributed by atoms with E-state index in [1.165, 1.54) is 89.9 Å². The standard InChI is InChI=1S/C31H61NO4/c1-3-5-7-9-10-14-22-29(21-13-8-6-4-2)31(33)36-28-18-12-11-16-24-32-25-17-20-27-35-30-23-15-19-26-34-30/h29-30,32H,3-28H2,1-2H3. The molecule has 1 fully saturated rings. The highest BCUT2D eigenvalue weighted by Gasteiger charge is 2.19. The van der Waals surface area contributed by atoms with E-state index in [1.54, 1.807) is 0 Å². The molecular formula is C31H61NO4. The van der Waals surface area contributed by atoms with Gasteiger partial charge in [-0.2, -0.15) is 0 Å². The first kappa shape index (κ1) is 33.4. The van der Waals surface area contributed by atoms with Gasteiger partial charge in [-0.3, -0.25) is 4.79 Å². The molecule has 1 saturated heterocycles. The fourth-order valence-corrected chi connectivity index (χ4v) is 4.90. The summed E-state index contributed by atoms with van der Waals surface area (Å²) in [7, 11) is 0. The molecule has 214 valence electrons. The molecule has 1 aliphatic heterocycles.